The molecular weight excluding hydrogens is 238 g/mol. The molecule has 0 aliphatic carbocycles. The number of thiol groups is 1. The summed E-state index contributed by atoms with van der Waals surface area (Å²) in [5, 5.41) is 0. The maximum absolute atomic E-state index is 4.22. The Hall–Kier alpha value is 2.48. The molecule has 0 spiro atoms. The number of hydrogen-bond donors (Lipinski definition) is 1. The third-order valence-electron chi connectivity index (χ3n) is 0.0519. The molecular formula is HNiS4V. The summed E-state index contributed by atoms with van der Waals surface area (Å²) in [6, 6.07) is 0. The maximum atomic E-state index is 4.22. The van der Waals surface area contributed by atoms with Crippen molar-refractivity contribution in [1.29, 1.82) is 0 Å². The first-order valence-corrected chi connectivity index (χ1v) is 6.24. The molecule has 0 aliphatic heterocycles. The zero-order valence-corrected chi connectivity index (χ0v) is 8.16. The Morgan fingerprint density at radius 2 is 2.00 bits per heavy atom. The van der Waals surface area contributed by atoms with Gasteiger partial charge in [0.05, 0.1) is 0 Å². The van der Waals surface area contributed by atoms with E-state index in [0.29, 0.717) is 0 Å². The fraction of sp³-hybridized carbons (Fsp3) is 0. The molecule has 0 atom stereocenters. The van der Waals surface area contributed by atoms with Gasteiger partial charge in [-0.1, -0.05) is 0 Å². The summed E-state index contributed by atoms with van der Waals surface area (Å²) < 4.78 is 0. The van der Waals surface area contributed by atoms with Crippen LogP contribution in [-0.2, 0) is 32.9 Å². The molecule has 0 aromatic carbocycles. The van der Waals surface area contributed by atoms with Crippen LogP contribution in [-0.4, -0.2) is 0 Å². The van der Waals surface area contributed by atoms with E-state index in [9.17, 15) is 0 Å². The maximum Gasteiger partial charge on any atom is 0 e. The molecule has 6 heteroatoms. The smallest absolute Gasteiger partial charge is 0 e. The molecule has 1 radical (unpaired) electrons. The average Bonchev–Trinajstić information content (AvgIpc) is 1.41. The zero-order chi connectivity index (χ0) is 4.12. The summed E-state index contributed by atoms with van der Waals surface area (Å²) in [4.78, 5) is 0. The van der Waals surface area contributed by atoms with Gasteiger partial charge >= 0.3 is 55.0 Å². The standard InChI is InChI=1S/Ni.H2S4.V/c;1-3-4-2;/h;1-2H;/q+1;;/p-1. The van der Waals surface area contributed by atoms with Crippen molar-refractivity contribution in [2.24, 2.45) is 0 Å². The third kappa shape index (κ3) is 9.69. The SMILES string of the molecule is SSS[S][Ni].[V]. The van der Waals surface area contributed by atoms with Crippen LogP contribution in [0.25, 0.3) is 0 Å². The molecule has 0 aromatic rings. The Kier molecular flexibility index (Phi) is 19.7. The Morgan fingerprint density at radius 1 is 1.50 bits per heavy atom. The van der Waals surface area contributed by atoms with E-state index in [-0.39, 0.29) is 18.6 Å². The second-order valence-electron chi connectivity index (χ2n) is 0.195. The van der Waals surface area contributed by atoms with E-state index in [1.807, 2.05) is 0 Å². The summed E-state index contributed by atoms with van der Waals surface area (Å²) in [5.41, 5.74) is 0. The van der Waals surface area contributed by atoms with E-state index < -0.39 is 0 Å². The summed E-state index contributed by atoms with van der Waals surface area (Å²) in [7, 11) is 4.21. The van der Waals surface area contributed by atoms with Gasteiger partial charge < -0.3 is 0 Å². The van der Waals surface area contributed by atoms with Gasteiger partial charge in [-0.05, 0) is 0 Å². The van der Waals surface area contributed by atoms with Gasteiger partial charge in [-0.3, -0.25) is 0 Å². The van der Waals surface area contributed by atoms with Crippen LogP contribution < -0.4 is 0 Å². The molecule has 0 rings (SSSR count). The summed E-state index contributed by atoms with van der Waals surface area (Å²) in [6.07, 6.45) is 0. The molecule has 0 amide bonds. The van der Waals surface area contributed by atoms with Crippen LogP contribution in [0.3, 0.4) is 0 Å². The van der Waals surface area contributed by atoms with Crippen LogP contribution in [0, 0.1) is 0 Å². The van der Waals surface area contributed by atoms with E-state index in [1.54, 1.807) is 0 Å². The Labute approximate surface area is 72.7 Å². The Bertz CT molecular complexity index is 15.0. The monoisotopic (exact) mass is 238 g/mol. The molecule has 0 unspecified atom stereocenters. The van der Waals surface area contributed by atoms with Crippen molar-refractivity contribution in [3.8, 4) is 0 Å². The van der Waals surface area contributed by atoms with Crippen molar-refractivity contribution < 1.29 is 32.9 Å². The molecule has 0 aliphatic rings. The first-order chi connectivity index (χ1) is 2.41. The summed E-state index contributed by atoms with van der Waals surface area (Å²) in [5.74, 6) is 0. The Morgan fingerprint density at radius 3 is 2.00 bits per heavy atom. The van der Waals surface area contributed by atoms with Crippen molar-refractivity contribution in [2.45, 2.75) is 0 Å². The topological polar surface area (TPSA) is 0 Å². The minimum absolute atomic E-state index is 0. The minimum Gasteiger partial charge on any atom is 0 e. The normalized spacial score (nSPS) is 7.17. The molecule has 0 aromatic heterocycles. The van der Waals surface area contributed by atoms with Crippen LogP contribution >= 0.6 is 40.6 Å². The van der Waals surface area contributed by atoms with Gasteiger partial charge in [0.2, 0.25) is 0 Å². The average molecular weight is 239 g/mol. The molecule has 0 nitrogen and oxygen atoms in total. The summed E-state index contributed by atoms with van der Waals surface area (Å²) >= 11 is 8.02. The number of hydrogen-bond acceptors (Lipinski definition) is 4. The molecule has 0 saturated carbocycles. The van der Waals surface area contributed by atoms with Gasteiger partial charge in [0.1, 0.15) is 0 Å². The quantitative estimate of drug-likeness (QED) is 0.446. The van der Waals surface area contributed by atoms with Gasteiger partial charge in [-0.2, -0.15) is 0 Å². The van der Waals surface area contributed by atoms with Crippen LogP contribution in [0.15, 0.2) is 0 Å². The number of rotatable bonds is 2. The van der Waals surface area contributed by atoms with Gasteiger partial charge in [0.15, 0.2) is 0 Å². The van der Waals surface area contributed by atoms with Crippen LogP contribution in [0.5, 0.6) is 0 Å². The molecule has 6 heavy (non-hydrogen) atoms. The van der Waals surface area contributed by atoms with Gasteiger partial charge in [0, 0.05) is 18.6 Å². The molecule has 0 fully saturated rings. The Balaban J connectivity index is 0. The second kappa shape index (κ2) is 10.5. The van der Waals surface area contributed by atoms with E-state index in [1.165, 1.54) is 29.0 Å². The minimum atomic E-state index is 0. The van der Waals surface area contributed by atoms with E-state index >= 15 is 0 Å². The second-order valence-corrected chi connectivity index (χ2v) is 5.81. The third-order valence-corrected chi connectivity index (χ3v) is 4.86. The predicted molar refractivity (Wildman–Crippen MR) is 31.8 cm³/mol. The molecule has 0 bridgehead atoms. The van der Waals surface area contributed by atoms with Gasteiger partial charge in [-0.15, -0.1) is 0 Å². The van der Waals surface area contributed by atoms with Crippen LogP contribution in [0.4, 0.5) is 0 Å². The van der Waals surface area contributed by atoms with Gasteiger partial charge in [0.25, 0.3) is 0 Å². The van der Waals surface area contributed by atoms with Gasteiger partial charge in [-0.25, -0.2) is 0 Å². The predicted octanol–water partition coefficient (Wildman–Crippen LogP) is 2.32. The van der Waals surface area contributed by atoms with Crippen molar-refractivity contribution in [3.63, 3.8) is 0 Å². The first-order valence-electron chi connectivity index (χ1n) is 0.645. The molecule has 0 heterocycles. The van der Waals surface area contributed by atoms with Crippen molar-refractivity contribution >= 4 is 40.6 Å². The van der Waals surface area contributed by atoms with E-state index in [4.69, 9.17) is 0 Å². The first kappa shape index (κ1) is 11.3. The van der Waals surface area contributed by atoms with Crippen molar-refractivity contribution in [2.75, 3.05) is 0 Å². The molecule has 0 saturated heterocycles. The van der Waals surface area contributed by atoms with E-state index in [2.05, 4.69) is 26.0 Å². The fourth-order valence-electron chi connectivity index (χ4n) is 0.00962. The van der Waals surface area contributed by atoms with Crippen LogP contribution in [0.2, 0.25) is 0 Å². The largest absolute Gasteiger partial charge is 0 e. The van der Waals surface area contributed by atoms with E-state index in [0.717, 1.165) is 0 Å². The zero-order valence-electron chi connectivity index (χ0n) is 2.44. The van der Waals surface area contributed by atoms with Crippen LogP contribution in [0.1, 0.15) is 0 Å². The molecule has 40 valence electrons. The van der Waals surface area contributed by atoms with Crippen molar-refractivity contribution in [3.05, 3.63) is 0 Å². The van der Waals surface area contributed by atoms with Crippen molar-refractivity contribution in [1.82, 2.24) is 0 Å². The summed E-state index contributed by atoms with van der Waals surface area (Å²) in [6.45, 7) is 0. The fourth-order valence-corrected chi connectivity index (χ4v) is 3.21. The molecule has 0 N–H and O–H groups in total.